The van der Waals surface area contributed by atoms with Crippen LogP contribution in [0.5, 0.6) is 0 Å². The van der Waals surface area contributed by atoms with Crippen molar-refractivity contribution in [2.24, 2.45) is 0 Å². The van der Waals surface area contributed by atoms with E-state index in [0.717, 1.165) is 16.7 Å². The van der Waals surface area contributed by atoms with E-state index < -0.39 is 6.10 Å². The predicted octanol–water partition coefficient (Wildman–Crippen LogP) is 2.17. The van der Waals surface area contributed by atoms with E-state index in [-0.39, 0.29) is 12.1 Å². The summed E-state index contributed by atoms with van der Waals surface area (Å²) >= 11 is 0. The van der Waals surface area contributed by atoms with E-state index in [1.54, 1.807) is 6.20 Å². The molecule has 108 valence electrons. The number of hydrogen-bond acceptors (Lipinski definition) is 3. The zero-order valence-electron chi connectivity index (χ0n) is 11.7. The molecule has 1 aromatic carbocycles. The monoisotopic (exact) mass is 283 g/mol. The molecule has 1 heterocycles. The van der Waals surface area contributed by atoms with Gasteiger partial charge in [-0.1, -0.05) is 30.3 Å². The molecule has 5 heteroatoms. The van der Waals surface area contributed by atoms with E-state index in [1.165, 1.54) is 0 Å². The molecule has 2 atom stereocenters. The Hall–Kier alpha value is -2.40. The summed E-state index contributed by atoms with van der Waals surface area (Å²) < 4.78 is 0. The van der Waals surface area contributed by atoms with Gasteiger partial charge in [0.05, 0.1) is 12.1 Å². The maximum Gasteiger partial charge on any atom is 0.320 e. The van der Waals surface area contributed by atoms with Crippen molar-refractivity contribution in [3.63, 3.8) is 0 Å². The van der Waals surface area contributed by atoms with Crippen molar-refractivity contribution in [1.82, 2.24) is 10.3 Å². The molecule has 0 aliphatic heterocycles. The average Bonchev–Trinajstić information content (AvgIpc) is 2.78. The third-order valence-electron chi connectivity index (χ3n) is 3.73. The van der Waals surface area contributed by atoms with Crippen molar-refractivity contribution in [2.45, 2.75) is 25.5 Å². The summed E-state index contributed by atoms with van der Waals surface area (Å²) in [5.74, 6) is 0.524. The van der Waals surface area contributed by atoms with Gasteiger partial charge in [-0.2, -0.15) is 0 Å². The largest absolute Gasteiger partial charge is 0.390 e. The van der Waals surface area contributed by atoms with Crippen LogP contribution in [0.4, 0.5) is 10.6 Å². The van der Waals surface area contributed by atoms with Crippen LogP contribution in [0.1, 0.15) is 22.7 Å². The lowest BCUT2D eigenvalue weighted by Gasteiger charge is -2.18. The van der Waals surface area contributed by atoms with Gasteiger partial charge in [0.15, 0.2) is 0 Å². The number of benzene rings is 1. The minimum atomic E-state index is -0.599. The Morgan fingerprint density at radius 2 is 2.10 bits per heavy atom. The fraction of sp³-hybridized carbons (Fsp3) is 0.250. The molecule has 3 N–H and O–H groups in total. The molecule has 5 nitrogen and oxygen atoms in total. The maximum absolute atomic E-state index is 12.1. The third kappa shape index (κ3) is 2.73. The molecule has 0 unspecified atom stereocenters. The minimum Gasteiger partial charge on any atom is -0.390 e. The van der Waals surface area contributed by atoms with E-state index in [9.17, 15) is 9.90 Å². The summed E-state index contributed by atoms with van der Waals surface area (Å²) in [6, 6.07) is 10.7. The molecule has 1 aromatic heterocycles. The van der Waals surface area contributed by atoms with Gasteiger partial charge in [0.25, 0.3) is 0 Å². The van der Waals surface area contributed by atoms with Gasteiger partial charge >= 0.3 is 6.03 Å². The molecule has 0 spiro atoms. The molecule has 1 aliphatic carbocycles. The van der Waals surface area contributed by atoms with Gasteiger partial charge in [-0.3, -0.25) is 5.32 Å². The highest BCUT2D eigenvalue weighted by molar-refractivity contribution is 5.89. The number of carbonyl (C=O) groups is 1. The highest BCUT2D eigenvalue weighted by Gasteiger charge is 2.31. The van der Waals surface area contributed by atoms with Gasteiger partial charge in [-0.15, -0.1) is 0 Å². The van der Waals surface area contributed by atoms with Crippen molar-refractivity contribution in [1.29, 1.82) is 0 Å². The number of nitrogens with one attached hydrogen (secondary N) is 2. The van der Waals surface area contributed by atoms with Crippen LogP contribution < -0.4 is 10.6 Å². The van der Waals surface area contributed by atoms with Gasteiger partial charge in [0, 0.05) is 12.6 Å². The summed E-state index contributed by atoms with van der Waals surface area (Å²) in [6.45, 7) is 1.88. The Balaban J connectivity index is 1.72. The van der Waals surface area contributed by atoms with Crippen LogP contribution in [0.25, 0.3) is 0 Å². The van der Waals surface area contributed by atoms with E-state index in [2.05, 4.69) is 15.6 Å². The summed E-state index contributed by atoms with van der Waals surface area (Å²) in [4.78, 5) is 16.2. The van der Waals surface area contributed by atoms with Crippen LogP contribution in [0.2, 0.25) is 0 Å². The topological polar surface area (TPSA) is 74.2 Å². The first-order valence-corrected chi connectivity index (χ1v) is 6.90. The summed E-state index contributed by atoms with van der Waals surface area (Å²) in [5.41, 5.74) is 2.93. The van der Waals surface area contributed by atoms with Crippen molar-refractivity contribution >= 4 is 11.8 Å². The summed E-state index contributed by atoms with van der Waals surface area (Å²) in [6.07, 6.45) is 1.59. The van der Waals surface area contributed by atoms with Crippen LogP contribution in [0.15, 0.2) is 42.6 Å². The Kier molecular flexibility index (Phi) is 3.58. The van der Waals surface area contributed by atoms with Gasteiger partial charge in [0.1, 0.15) is 5.82 Å². The SMILES string of the molecule is Cc1cccnc1NC(=O)N[C@H]1c2ccccc2C[C@H]1O. The number of nitrogens with zero attached hydrogens (tertiary/aromatic N) is 1. The number of pyridine rings is 1. The molecular weight excluding hydrogens is 266 g/mol. The van der Waals surface area contributed by atoms with Crippen LogP contribution in [0.3, 0.4) is 0 Å². The van der Waals surface area contributed by atoms with Gasteiger partial charge in [-0.25, -0.2) is 9.78 Å². The highest BCUT2D eigenvalue weighted by Crippen LogP contribution is 2.31. The molecule has 0 saturated carbocycles. The number of fused-ring (bicyclic) bond motifs is 1. The second kappa shape index (κ2) is 5.54. The van der Waals surface area contributed by atoms with Crippen molar-refractivity contribution < 1.29 is 9.90 Å². The molecule has 3 rings (SSSR count). The van der Waals surface area contributed by atoms with Crippen LogP contribution in [-0.2, 0) is 6.42 Å². The van der Waals surface area contributed by atoms with E-state index >= 15 is 0 Å². The molecule has 0 saturated heterocycles. The fourth-order valence-electron chi connectivity index (χ4n) is 2.65. The lowest BCUT2D eigenvalue weighted by Crippen LogP contribution is -2.37. The Bertz CT molecular complexity index is 672. The zero-order valence-corrected chi connectivity index (χ0v) is 11.7. The van der Waals surface area contributed by atoms with E-state index in [0.29, 0.717) is 12.2 Å². The number of carbonyl (C=O) groups excluding carboxylic acids is 1. The summed E-state index contributed by atoms with van der Waals surface area (Å²) in [5, 5.41) is 15.7. The highest BCUT2D eigenvalue weighted by atomic mass is 16.3. The average molecular weight is 283 g/mol. The normalized spacial score (nSPS) is 19.9. The van der Waals surface area contributed by atoms with Gasteiger partial charge in [0.2, 0.25) is 0 Å². The Morgan fingerprint density at radius 3 is 2.90 bits per heavy atom. The quantitative estimate of drug-likeness (QED) is 0.790. The van der Waals surface area contributed by atoms with Gasteiger partial charge < -0.3 is 10.4 Å². The van der Waals surface area contributed by atoms with Crippen molar-refractivity contribution in [2.75, 3.05) is 5.32 Å². The second-order valence-electron chi connectivity index (χ2n) is 5.22. The smallest absolute Gasteiger partial charge is 0.320 e. The number of aliphatic hydroxyl groups is 1. The third-order valence-corrected chi connectivity index (χ3v) is 3.73. The predicted molar refractivity (Wildman–Crippen MR) is 80.0 cm³/mol. The number of amides is 2. The van der Waals surface area contributed by atoms with Crippen LogP contribution in [-0.4, -0.2) is 22.2 Å². The molecule has 2 amide bonds. The first kappa shape index (κ1) is 13.6. The van der Waals surface area contributed by atoms with Gasteiger partial charge in [-0.05, 0) is 29.7 Å². The van der Waals surface area contributed by atoms with Crippen molar-refractivity contribution in [3.8, 4) is 0 Å². The second-order valence-corrected chi connectivity index (χ2v) is 5.22. The van der Waals surface area contributed by atoms with E-state index in [4.69, 9.17) is 0 Å². The molecule has 0 bridgehead atoms. The number of aliphatic hydroxyl groups excluding tert-OH is 1. The standard InChI is InChI=1S/C16H17N3O2/c1-10-5-4-8-17-15(10)19-16(21)18-14-12-7-3-2-6-11(12)9-13(14)20/h2-8,13-14,20H,9H2,1H3,(H2,17,18,19,21)/t13-,14+/m1/s1. The molecular formula is C16H17N3O2. The lowest BCUT2D eigenvalue weighted by atomic mass is 10.1. The number of aromatic nitrogens is 1. The Labute approximate surface area is 123 Å². The lowest BCUT2D eigenvalue weighted by molar-refractivity contribution is 0.144. The van der Waals surface area contributed by atoms with Crippen LogP contribution >= 0.6 is 0 Å². The minimum absolute atomic E-state index is 0.363. The van der Waals surface area contributed by atoms with Crippen LogP contribution in [0, 0.1) is 6.92 Å². The maximum atomic E-state index is 12.1. The number of anilines is 1. The molecule has 21 heavy (non-hydrogen) atoms. The Morgan fingerprint density at radius 1 is 1.29 bits per heavy atom. The number of aryl methyl sites for hydroxylation is 1. The summed E-state index contributed by atoms with van der Waals surface area (Å²) in [7, 11) is 0. The van der Waals surface area contributed by atoms with E-state index in [1.807, 2.05) is 43.3 Å². The molecule has 0 radical (unpaired) electrons. The molecule has 1 aliphatic rings. The number of urea groups is 1. The number of rotatable bonds is 2. The first-order valence-electron chi connectivity index (χ1n) is 6.90. The zero-order chi connectivity index (χ0) is 14.8. The van der Waals surface area contributed by atoms with Crippen molar-refractivity contribution in [3.05, 3.63) is 59.3 Å². The fourth-order valence-corrected chi connectivity index (χ4v) is 2.65. The first-order chi connectivity index (χ1) is 10.1. The molecule has 2 aromatic rings. The number of hydrogen-bond donors (Lipinski definition) is 3. The molecule has 0 fully saturated rings.